The molecule has 0 unspecified atom stereocenters. The maximum Gasteiger partial charge on any atom is 0.272 e. The molecule has 3 aromatic carbocycles. The molecule has 4 aromatic rings. The van der Waals surface area contributed by atoms with E-state index >= 15 is 0 Å². The van der Waals surface area contributed by atoms with Crippen LogP contribution in [-0.2, 0) is 0 Å². The van der Waals surface area contributed by atoms with E-state index in [4.69, 9.17) is 4.98 Å². The van der Waals surface area contributed by atoms with Crippen molar-refractivity contribution in [1.29, 1.82) is 0 Å². The molecule has 29 heavy (non-hydrogen) atoms. The standard InChI is InChI=1S/C24H19N3OS/c1-29-19-13-11-17(12-14-19)16-25-27-24(28)21-15-23(18-7-3-2-4-8-18)26-22-10-6-5-9-20(21)22/h2-16H,1H3,(H,27,28)/b25-16-. The van der Waals surface area contributed by atoms with Gasteiger partial charge in [0.15, 0.2) is 0 Å². The number of nitrogens with one attached hydrogen (secondary N) is 1. The number of amides is 1. The van der Waals surface area contributed by atoms with Gasteiger partial charge in [0.25, 0.3) is 5.91 Å². The average molecular weight is 398 g/mol. The maximum absolute atomic E-state index is 12.9. The highest BCUT2D eigenvalue weighted by Crippen LogP contribution is 2.24. The van der Waals surface area contributed by atoms with Gasteiger partial charge >= 0.3 is 0 Å². The highest BCUT2D eigenvalue weighted by molar-refractivity contribution is 7.98. The molecular weight excluding hydrogens is 378 g/mol. The number of aromatic nitrogens is 1. The molecule has 1 heterocycles. The van der Waals surface area contributed by atoms with Crippen LogP contribution in [0, 0.1) is 0 Å². The van der Waals surface area contributed by atoms with Crippen LogP contribution in [-0.4, -0.2) is 23.4 Å². The number of rotatable bonds is 5. The third-order valence-electron chi connectivity index (χ3n) is 4.53. The summed E-state index contributed by atoms with van der Waals surface area (Å²) in [5.74, 6) is -0.266. The first-order valence-electron chi connectivity index (χ1n) is 9.17. The summed E-state index contributed by atoms with van der Waals surface area (Å²) < 4.78 is 0. The summed E-state index contributed by atoms with van der Waals surface area (Å²) in [7, 11) is 0. The van der Waals surface area contributed by atoms with Crippen molar-refractivity contribution in [2.24, 2.45) is 5.10 Å². The van der Waals surface area contributed by atoms with Crippen LogP contribution in [0.5, 0.6) is 0 Å². The van der Waals surface area contributed by atoms with Crippen LogP contribution in [0.3, 0.4) is 0 Å². The van der Waals surface area contributed by atoms with Crippen molar-refractivity contribution in [3.8, 4) is 11.3 Å². The van der Waals surface area contributed by atoms with E-state index in [1.54, 1.807) is 18.0 Å². The average Bonchev–Trinajstić information content (AvgIpc) is 2.79. The van der Waals surface area contributed by atoms with Crippen LogP contribution in [0.25, 0.3) is 22.2 Å². The van der Waals surface area contributed by atoms with Crippen LogP contribution in [0.4, 0.5) is 0 Å². The second kappa shape index (κ2) is 8.71. The van der Waals surface area contributed by atoms with Gasteiger partial charge in [0.05, 0.1) is 23.0 Å². The summed E-state index contributed by atoms with van der Waals surface area (Å²) >= 11 is 1.68. The molecule has 4 nitrogen and oxygen atoms in total. The van der Waals surface area contributed by atoms with E-state index in [0.717, 1.165) is 27.7 Å². The van der Waals surface area contributed by atoms with Gasteiger partial charge in [0, 0.05) is 15.8 Å². The van der Waals surface area contributed by atoms with E-state index in [1.807, 2.05) is 91.2 Å². The smallest absolute Gasteiger partial charge is 0.267 e. The second-order valence-corrected chi connectivity index (χ2v) is 7.29. The quantitative estimate of drug-likeness (QED) is 0.279. The summed E-state index contributed by atoms with van der Waals surface area (Å²) in [6.07, 6.45) is 3.68. The van der Waals surface area contributed by atoms with Crippen molar-refractivity contribution >= 4 is 34.8 Å². The predicted octanol–water partition coefficient (Wildman–Crippen LogP) is 5.39. The molecule has 0 radical (unpaired) electrons. The first-order valence-corrected chi connectivity index (χ1v) is 10.4. The molecule has 0 aliphatic carbocycles. The number of para-hydroxylation sites is 1. The number of carbonyl (C=O) groups excluding carboxylic acids is 1. The van der Waals surface area contributed by atoms with Crippen molar-refractivity contribution in [1.82, 2.24) is 10.4 Å². The lowest BCUT2D eigenvalue weighted by Crippen LogP contribution is -2.18. The number of fused-ring (bicyclic) bond motifs is 1. The molecular formula is C24H19N3OS. The fraction of sp³-hybridized carbons (Fsp3) is 0.0417. The SMILES string of the molecule is CSc1ccc(/C=N\NC(=O)c2cc(-c3ccccc3)nc3ccccc23)cc1. The van der Waals surface area contributed by atoms with Crippen molar-refractivity contribution < 1.29 is 4.79 Å². The Labute approximate surface area is 173 Å². The molecule has 0 bridgehead atoms. The third kappa shape index (κ3) is 4.36. The highest BCUT2D eigenvalue weighted by Gasteiger charge is 2.13. The maximum atomic E-state index is 12.9. The van der Waals surface area contributed by atoms with E-state index in [2.05, 4.69) is 10.5 Å². The van der Waals surface area contributed by atoms with Gasteiger partial charge in [-0.15, -0.1) is 11.8 Å². The van der Waals surface area contributed by atoms with E-state index in [0.29, 0.717) is 5.56 Å². The molecule has 142 valence electrons. The largest absolute Gasteiger partial charge is 0.272 e. The number of hydrogen-bond acceptors (Lipinski definition) is 4. The van der Waals surface area contributed by atoms with E-state index in [1.165, 1.54) is 4.90 Å². The monoisotopic (exact) mass is 397 g/mol. The first-order chi connectivity index (χ1) is 14.2. The lowest BCUT2D eigenvalue weighted by atomic mass is 10.0. The number of pyridine rings is 1. The van der Waals surface area contributed by atoms with Gasteiger partial charge in [-0.3, -0.25) is 4.79 Å². The van der Waals surface area contributed by atoms with Gasteiger partial charge in [0.1, 0.15) is 0 Å². The third-order valence-corrected chi connectivity index (χ3v) is 5.27. The predicted molar refractivity (Wildman–Crippen MR) is 120 cm³/mol. The highest BCUT2D eigenvalue weighted by atomic mass is 32.2. The van der Waals surface area contributed by atoms with Gasteiger partial charge in [-0.25, -0.2) is 10.4 Å². The number of benzene rings is 3. The molecule has 4 rings (SSSR count). The van der Waals surface area contributed by atoms with Crippen molar-refractivity contribution in [2.45, 2.75) is 4.90 Å². The molecule has 0 aliphatic rings. The van der Waals surface area contributed by atoms with E-state index < -0.39 is 0 Å². The Bertz CT molecular complexity index is 1170. The number of hydrazone groups is 1. The van der Waals surface area contributed by atoms with Crippen molar-refractivity contribution in [3.63, 3.8) is 0 Å². The minimum atomic E-state index is -0.266. The van der Waals surface area contributed by atoms with E-state index in [9.17, 15) is 4.79 Å². The van der Waals surface area contributed by atoms with Gasteiger partial charge in [-0.1, -0.05) is 60.7 Å². The fourth-order valence-corrected chi connectivity index (χ4v) is 3.44. The summed E-state index contributed by atoms with van der Waals surface area (Å²) in [6, 6.07) is 27.3. The molecule has 0 fully saturated rings. The van der Waals surface area contributed by atoms with E-state index in [-0.39, 0.29) is 5.91 Å². The molecule has 0 saturated carbocycles. The zero-order chi connectivity index (χ0) is 20.1. The number of carbonyl (C=O) groups is 1. The molecule has 0 atom stereocenters. The van der Waals surface area contributed by atoms with Gasteiger partial charge < -0.3 is 0 Å². The minimum Gasteiger partial charge on any atom is -0.267 e. The fourth-order valence-electron chi connectivity index (χ4n) is 3.04. The normalized spacial score (nSPS) is 11.1. The Morgan fingerprint density at radius 1 is 0.966 bits per heavy atom. The molecule has 0 spiro atoms. The number of thioether (sulfide) groups is 1. The summed E-state index contributed by atoms with van der Waals surface area (Å²) in [6.45, 7) is 0. The number of nitrogens with zero attached hydrogens (tertiary/aromatic N) is 2. The zero-order valence-electron chi connectivity index (χ0n) is 15.9. The second-order valence-electron chi connectivity index (χ2n) is 6.41. The van der Waals surface area contributed by atoms with Crippen LogP contribution < -0.4 is 5.43 Å². The molecule has 5 heteroatoms. The Kier molecular flexibility index (Phi) is 5.68. The van der Waals surface area contributed by atoms with Crippen LogP contribution >= 0.6 is 11.8 Å². The molecule has 0 aliphatic heterocycles. The Hall–Kier alpha value is -3.44. The Morgan fingerprint density at radius 2 is 1.69 bits per heavy atom. The van der Waals surface area contributed by atoms with Crippen LogP contribution in [0.2, 0.25) is 0 Å². The molecule has 1 aromatic heterocycles. The van der Waals surface area contributed by atoms with Crippen LogP contribution in [0.15, 0.2) is 94.9 Å². The Balaban J connectivity index is 1.63. The Morgan fingerprint density at radius 3 is 2.45 bits per heavy atom. The molecule has 1 N–H and O–H groups in total. The van der Waals surface area contributed by atoms with Crippen LogP contribution in [0.1, 0.15) is 15.9 Å². The first kappa shape index (κ1) is 18.9. The summed E-state index contributed by atoms with van der Waals surface area (Å²) in [4.78, 5) is 18.8. The zero-order valence-corrected chi connectivity index (χ0v) is 16.7. The lowest BCUT2D eigenvalue weighted by molar-refractivity contribution is 0.0956. The van der Waals surface area contributed by atoms with Gasteiger partial charge in [0.2, 0.25) is 0 Å². The minimum absolute atomic E-state index is 0.266. The lowest BCUT2D eigenvalue weighted by Gasteiger charge is -2.09. The van der Waals surface area contributed by atoms with Crippen molar-refractivity contribution in [3.05, 3.63) is 96.1 Å². The number of hydrogen-bond donors (Lipinski definition) is 1. The topological polar surface area (TPSA) is 54.4 Å². The molecule has 0 saturated heterocycles. The molecule has 1 amide bonds. The van der Waals surface area contributed by atoms with Gasteiger partial charge in [-0.05, 0) is 36.1 Å². The summed E-state index contributed by atoms with van der Waals surface area (Å²) in [5.41, 5.74) is 6.61. The summed E-state index contributed by atoms with van der Waals surface area (Å²) in [5, 5.41) is 4.93. The van der Waals surface area contributed by atoms with Gasteiger partial charge in [-0.2, -0.15) is 5.10 Å². The van der Waals surface area contributed by atoms with Crippen molar-refractivity contribution in [2.75, 3.05) is 6.26 Å².